The summed E-state index contributed by atoms with van der Waals surface area (Å²) in [5.74, 6) is -0.490. The minimum Gasteiger partial charge on any atom is -0.480 e. The molecule has 1 saturated carbocycles. The van der Waals surface area contributed by atoms with E-state index in [2.05, 4.69) is 0 Å². The maximum absolute atomic E-state index is 11.2. The summed E-state index contributed by atoms with van der Waals surface area (Å²) < 4.78 is 0. The summed E-state index contributed by atoms with van der Waals surface area (Å²) in [7, 11) is 1.53. The highest BCUT2D eigenvalue weighted by atomic mass is 16.4. The van der Waals surface area contributed by atoms with E-state index in [1.807, 2.05) is 0 Å². The summed E-state index contributed by atoms with van der Waals surface area (Å²) in [6.45, 7) is -0.189. The maximum atomic E-state index is 11.2. The lowest BCUT2D eigenvalue weighted by Gasteiger charge is -2.13. The fourth-order valence-corrected chi connectivity index (χ4v) is 1.02. The second-order valence-corrected chi connectivity index (χ2v) is 3.29. The van der Waals surface area contributed by atoms with E-state index in [9.17, 15) is 9.59 Å². The molecule has 1 rings (SSSR count). The van der Waals surface area contributed by atoms with Crippen LogP contribution in [0.2, 0.25) is 0 Å². The van der Waals surface area contributed by atoms with Crippen LogP contribution in [0.3, 0.4) is 0 Å². The molecule has 1 aliphatic carbocycles. The van der Waals surface area contributed by atoms with Crippen LogP contribution in [0.1, 0.15) is 19.3 Å². The second-order valence-electron chi connectivity index (χ2n) is 3.29. The summed E-state index contributed by atoms with van der Waals surface area (Å²) in [5, 5.41) is 8.39. The highest BCUT2D eigenvalue weighted by molar-refractivity contribution is 5.81. The molecule has 68 valence electrons. The van der Waals surface area contributed by atoms with E-state index in [-0.39, 0.29) is 12.5 Å². The molecule has 0 unspecified atom stereocenters. The zero-order chi connectivity index (χ0) is 9.14. The van der Waals surface area contributed by atoms with Crippen LogP contribution in [0, 0.1) is 5.92 Å². The minimum absolute atomic E-state index is 0.0556. The lowest BCUT2D eigenvalue weighted by molar-refractivity contribution is -0.143. The maximum Gasteiger partial charge on any atom is 0.323 e. The van der Waals surface area contributed by atoms with Crippen LogP contribution < -0.4 is 0 Å². The van der Waals surface area contributed by atoms with Crippen molar-refractivity contribution in [2.75, 3.05) is 13.6 Å². The van der Waals surface area contributed by atoms with E-state index in [0.717, 1.165) is 12.8 Å². The number of carbonyl (C=O) groups is 2. The molecule has 4 nitrogen and oxygen atoms in total. The third-order valence-electron chi connectivity index (χ3n) is 1.96. The summed E-state index contributed by atoms with van der Waals surface area (Å²) in [6.07, 6.45) is 2.75. The predicted molar refractivity (Wildman–Crippen MR) is 42.6 cm³/mol. The third-order valence-corrected chi connectivity index (χ3v) is 1.96. The number of carboxylic acids is 1. The predicted octanol–water partition coefficient (Wildman–Crippen LogP) is 0.329. The number of hydrogen-bond acceptors (Lipinski definition) is 2. The number of carboxylic acid groups (broad SMARTS) is 1. The Morgan fingerprint density at radius 2 is 2.08 bits per heavy atom. The van der Waals surface area contributed by atoms with Crippen LogP contribution in [0.5, 0.6) is 0 Å². The van der Waals surface area contributed by atoms with Gasteiger partial charge in [0.05, 0.1) is 0 Å². The first-order valence-corrected chi connectivity index (χ1v) is 4.05. The van der Waals surface area contributed by atoms with Gasteiger partial charge in [-0.25, -0.2) is 0 Å². The van der Waals surface area contributed by atoms with Crippen molar-refractivity contribution in [2.45, 2.75) is 19.3 Å². The first-order valence-electron chi connectivity index (χ1n) is 4.05. The van der Waals surface area contributed by atoms with Crippen molar-refractivity contribution in [1.29, 1.82) is 0 Å². The Hall–Kier alpha value is -1.06. The van der Waals surface area contributed by atoms with Gasteiger partial charge in [-0.05, 0) is 18.8 Å². The summed E-state index contributed by atoms with van der Waals surface area (Å²) >= 11 is 0. The molecule has 0 heterocycles. The Balaban J connectivity index is 2.24. The fourth-order valence-electron chi connectivity index (χ4n) is 1.02. The average Bonchev–Trinajstić information content (AvgIpc) is 2.70. The molecule has 0 spiro atoms. The molecule has 0 aromatic carbocycles. The second kappa shape index (κ2) is 3.56. The molecule has 1 aliphatic rings. The molecule has 1 fully saturated rings. The Morgan fingerprint density at radius 1 is 1.50 bits per heavy atom. The van der Waals surface area contributed by atoms with Gasteiger partial charge in [0.15, 0.2) is 0 Å². The number of rotatable bonds is 4. The smallest absolute Gasteiger partial charge is 0.323 e. The van der Waals surface area contributed by atoms with E-state index in [1.165, 1.54) is 11.9 Å². The standard InChI is InChI=1S/C8H13NO3/c1-9(5-8(11)12)7(10)4-6-2-3-6/h6H,2-5H2,1H3,(H,11,12). The van der Waals surface area contributed by atoms with E-state index < -0.39 is 5.97 Å². The Kier molecular flexibility index (Phi) is 2.68. The summed E-state index contributed by atoms with van der Waals surface area (Å²) in [6, 6.07) is 0. The molecule has 0 radical (unpaired) electrons. The Bertz CT molecular complexity index is 198. The van der Waals surface area contributed by atoms with E-state index in [0.29, 0.717) is 12.3 Å². The van der Waals surface area contributed by atoms with Gasteiger partial charge in [0, 0.05) is 13.5 Å². The first kappa shape index (κ1) is 9.03. The zero-order valence-corrected chi connectivity index (χ0v) is 7.12. The van der Waals surface area contributed by atoms with E-state index >= 15 is 0 Å². The number of likely N-dealkylation sites (N-methyl/N-ethyl adjacent to an activating group) is 1. The van der Waals surface area contributed by atoms with Gasteiger partial charge in [-0.3, -0.25) is 9.59 Å². The van der Waals surface area contributed by atoms with Crippen molar-refractivity contribution in [3.8, 4) is 0 Å². The number of amides is 1. The molecule has 1 amide bonds. The van der Waals surface area contributed by atoms with Gasteiger partial charge in [0.1, 0.15) is 6.54 Å². The van der Waals surface area contributed by atoms with E-state index in [4.69, 9.17) is 5.11 Å². The van der Waals surface area contributed by atoms with Crippen LogP contribution in [-0.4, -0.2) is 35.5 Å². The topological polar surface area (TPSA) is 57.6 Å². The van der Waals surface area contributed by atoms with Gasteiger partial charge in [0.25, 0.3) is 0 Å². The van der Waals surface area contributed by atoms with Gasteiger partial charge in [-0.1, -0.05) is 0 Å². The zero-order valence-electron chi connectivity index (χ0n) is 7.12. The molecule has 4 heteroatoms. The average molecular weight is 171 g/mol. The molecular weight excluding hydrogens is 158 g/mol. The van der Waals surface area contributed by atoms with Crippen molar-refractivity contribution in [3.63, 3.8) is 0 Å². The van der Waals surface area contributed by atoms with E-state index in [1.54, 1.807) is 0 Å². The number of carbonyl (C=O) groups excluding carboxylic acids is 1. The molecule has 0 atom stereocenters. The van der Waals surface area contributed by atoms with Crippen LogP contribution in [0.4, 0.5) is 0 Å². The van der Waals surface area contributed by atoms with Crippen LogP contribution >= 0.6 is 0 Å². The van der Waals surface area contributed by atoms with Gasteiger partial charge < -0.3 is 10.0 Å². The van der Waals surface area contributed by atoms with Crippen molar-refractivity contribution < 1.29 is 14.7 Å². The SMILES string of the molecule is CN(CC(=O)O)C(=O)CC1CC1. The fraction of sp³-hybridized carbons (Fsp3) is 0.750. The molecule has 0 aromatic heterocycles. The van der Waals surface area contributed by atoms with Gasteiger partial charge in [0.2, 0.25) is 5.91 Å². The highest BCUT2D eigenvalue weighted by Gasteiger charge is 2.26. The van der Waals surface area contributed by atoms with Crippen LogP contribution in [0.25, 0.3) is 0 Å². The van der Waals surface area contributed by atoms with Crippen molar-refractivity contribution in [2.24, 2.45) is 5.92 Å². The van der Waals surface area contributed by atoms with Gasteiger partial charge >= 0.3 is 5.97 Å². The van der Waals surface area contributed by atoms with Crippen molar-refractivity contribution >= 4 is 11.9 Å². The van der Waals surface area contributed by atoms with Crippen LogP contribution in [-0.2, 0) is 9.59 Å². The molecule has 1 N–H and O–H groups in total. The number of aliphatic carboxylic acids is 1. The van der Waals surface area contributed by atoms with Crippen LogP contribution in [0.15, 0.2) is 0 Å². The quantitative estimate of drug-likeness (QED) is 0.663. The minimum atomic E-state index is -0.957. The summed E-state index contributed by atoms with van der Waals surface area (Å²) in [4.78, 5) is 22.7. The molecule has 0 aromatic rings. The lowest BCUT2D eigenvalue weighted by atomic mass is 10.2. The number of hydrogen-bond donors (Lipinski definition) is 1. The van der Waals surface area contributed by atoms with Crippen molar-refractivity contribution in [3.05, 3.63) is 0 Å². The normalized spacial score (nSPS) is 15.8. The molecule has 0 saturated heterocycles. The Labute approximate surface area is 71.2 Å². The van der Waals surface area contributed by atoms with Gasteiger partial charge in [-0.15, -0.1) is 0 Å². The first-order chi connectivity index (χ1) is 5.59. The third kappa shape index (κ3) is 2.90. The molecule has 0 aliphatic heterocycles. The Morgan fingerprint density at radius 3 is 2.50 bits per heavy atom. The van der Waals surface area contributed by atoms with Gasteiger partial charge in [-0.2, -0.15) is 0 Å². The summed E-state index contributed by atoms with van der Waals surface area (Å²) in [5.41, 5.74) is 0. The number of nitrogens with zero attached hydrogens (tertiary/aromatic N) is 1. The van der Waals surface area contributed by atoms with Crippen molar-refractivity contribution in [1.82, 2.24) is 4.90 Å². The monoisotopic (exact) mass is 171 g/mol. The lowest BCUT2D eigenvalue weighted by Crippen LogP contribution is -2.31. The highest BCUT2D eigenvalue weighted by Crippen LogP contribution is 2.32. The molecule has 12 heavy (non-hydrogen) atoms. The molecule has 0 bridgehead atoms. The molecular formula is C8H13NO3. The largest absolute Gasteiger partial charge is 0.480 e.